The standard InChI is InChI=1S/C38H51N5O5S/c1-26(2)34(41-37(47)48-25-28-16-10-7-11-17-28)36(46)40-30(22-27-14-8-6-9-15-27)32(44)24-43-21-19-29(49-33-18-12-13-20-39-33)23-31(43)35(45)42-38(3,4)5/h6-18,20,26,29-32,34,44H,19,21-25H2,1-5H3,(H,40,46)(H,41,47)(H,42,45)/t29-,30+,31+,32-,34+/m1/s1. The second-order valence-corrected chi connectivity index (χ2v) is 15.3. The Kier molecular flexibility index (Phi) is 14.0. The number of aromatic nitrogens is 1. The van der Waals surface area contributed by atoms with E-state index in [4.69, 9.17) is 4.74 Å². The van der Waals surface area contributed by atoms with Crippen molar-refractivity contribution in [3.63, 3.8) is 0 Å². The summed E-state index contributed by atoms with van der Waals surface area (Å²) in [6.07, 6.45) is 1.83. The maximum absolute atomic E-state index is 13.8. The summed E-state index contributed by atoms with van der Waals surface area (Å²) in [6.45, 7) is 10.4. The fraction of sp³-hybridized carbons (Fsp3) is 0.474. The number of pyridine rings is 1. The number of benzene rings is 2. The van der Waals surface area contributed by atoms with Gasteiger partial charge < -0.3 is 25.8 Å². The molecule has 3 aromatic rings. The number of thioether (sulfide) groups is 1. The number of ether oxygens (including phenoxy) is 1. The molecule has 0 aliphatic carbocycles. The number of hydrogen-bond acceptors (Lipinski definition) is 8. The van der Waals surface area contributed by atoms with Crippen LogP contribution in [0.25, 0.3) is 0 Å². The van der Waals surface area contributed by atoms with Crippen molar-refractivity contribution in [1.82, 2.24) is 25.8 Å². The molecule has 49 heavy (non-hydrogen) atoms. The van der Waals surface area contributed by atoms with Gasteiger partial charge in [0.15, 0.2) is 0 Å². The number of β-amino-alcohol motifs (C(OH)–C–C–N with tert-alkyl or cyclic N) is 1. The smallest absolute Gasteiger partial charge is 0.408 e. The molecule has 264 valence electrons. The van der Waals surface area contributed by atoms with Crippen LogP contribution in [0.4, 0.5) is 4.79 Å². The summed E-state index contributed by atoms with van der Waals surface area (Å²) >= 11 is 1.67. The van der Waals surface area contributed by atoms with Gasteiger partial charge in [-0.3, -0.25) is 14.5 Å². The lowest BCUT2D eigenvalue weighted by Crippen LogP contribution is -2.60. The van der Waals surface area contributed by atoms with Crippen molar-refractivity contribution in [2.24, 2.45) is 5.92 Å². The van der Waals surface area contributed by atoms with E-state index in [2.05, 4.69) is 20.9 Å². The van der Waals surface area contributed by atoms with Crippen LogP contribution in [0.3, 0.4) is 0 Å². The first kappa shape index (κ1) is 37.9. The maximum Gasteiger partial charge on any atom is 0.408 e. The van der Waals surface area contributed by atoms with Gasteiger partial charge in [0.25, 0.3) is 0 Å². The largest absolute Gasteiger partial charge is 0.445 e. The van der Waals surface area contributed by atoms with Crippen molar-refractivity contribution >= 4 is 29.7 Å². The Labute approximate surface area is 294 Å². The van der Waals surface area contributed by atoms with E-state index in [9.17, 15) is 19.5 Å². The number of aliphatic hydroxyl groups is 1. The Morgan fingerprint density at radius 3 is 2.22 bits per heavy atom. The van der Waals surface area contributed by atoms with E-state index in [1.807, 2.05) is 118 Å². The van der Waals surface area contributed by atoms with Crippen LogP contribution < -0.4 is 16.0 Å². The minimum Gasteiger partial charge on any atom is -0.445 e. The van der Waals surface area contributed by atoms with Crippen LogP contribution in [-0.4, -0.2) is 81.0 Å². The fourth-order valence-electron chi connectivity index (χ4n) is 5.84. The van der Waals surface area contributed by atoms with Gasteiger partial charge in [0.2, 0.25) is 11.8 Å². The molecule has 11 heteroatoms. The van der Waals surface area contributed by atoms with Crippen LogP contribution in [0, 0.1) is 5.92 Å². The van der Waals surface area contributed by atoms with Gasteiger partial charge in [-0.1, -0.05) is 80.6 Å². The molecular formula is C38H51N5O5S. The highest BCUT2D eigenvalue weighted by molar-refractivity contribution is 7.99. The number of nitrogens with one attached hydrogen (secondary N) is 3. The summed E-state index contributed by atoms with van der Waals surface area (Å²) in [5.41, 5.74) is 1.35. The number of piperidine rings is 1. The Balaban J connectivity index is 1.48. The predicted octanol–water partition coefficient (Wildman–Crippen LogP) is 4.96. The number of alkyl carbamates (subject to hydrolysis) is 1. The second kappa shape index (κ2) is 18.2. The van der Waals surface area contributed by atoms with Crippen molar-refractivity contribution in [2.75, 3.05) is 13.1 Å². The van der Waals surface area contributed by atoms with E-state index in [-0.39, 0.29) is 30.2 Å². The molecule has 0 unspecified atom stereocenters. The average Bonchev–Trinajstić information content (AvgIpc) is 3.07. The maximum atomic E-state index is 13.8. The molecule has 0 saturated carbocycles. The highest BCUT2D eigenvalue weighted by atomic mass is 32.2. The van der Waals surface area contributed by atoms with Crippen LogP contribution >= 0.6 is 11.8 Å². The zero-order valence-corrected chi connectivity index (χ0v) is 30.0. The number of likely N-dealkylation sites (tertiary alicyclic amines) is 1. The van der Waals surface area contributed by atoms with Gasteiger partial charge in [-0.2, -0.15) is 0 Å². The zero-order chi connectivity index (χ0) is 35.4. The van der Waals surface area contributed by atoms with E-state index >= 15 is 0 Å². The molecule has 4 rings (SSSR count). The van der Waals surface area contributed by atoms with Crippen molar-refractivity contribution < 1.29 is 24.2 Å². The normalized spacial score (nSPS) is 18.6. The molecule has 1 saturated heterocycles. The van der Waals surface area contributed by atoms with Crippen molar-refractivity contribution in [3.8, 4) is 0 Å². The molecule has 0 radical (unpaired) electrons. The number of rotatable bonds is 14. The molecular weight excluding hydrogens is 639 g/mol. The number of amides is 3. The molecule has 3 amide bonds. The molecule has 2 aromatic carbocycles. The van der Waals surface area contributed by atoms with E-state index in [1.165, 1.54) is 0 Å². The zero-order valence-electron chi connectivity index (χ0n) is 29.2. The second-order valence-electron chi connectivity index (χ2n) is 14.0. The van der Waals surface area contributed by atoms with Gasteiger partial charge in [0.05, 0.1) is 23.2 Å². The summed E-state index contributed by atoms with van der Waals surface area (Å²) in [5.74, 6) is -0.758. The van der Waals surface area contributed by atoms with E-state index in [1.54, 1.807) is 18.0 Å². The minimum absolute atomic E-state index is 0.0788. The highest BCUT2D eigenvalue weighted by Gasteiger charge is 2.38. The van der Waals surface area contributed by atoms with Crippen molar-refractivity contribution in [3.05, 3.63) is 96.2 Å². The van der Waals surface area contributed by atoms with Crippen LogP contribution in [-0.2, 0) is 27.4 Å². The minimum atomic E-state index is -1.01. The molecule has 2 heterocycles. The SMILES string of the molecule is CC(C)[C@H](NC(=O)OCc1ccccc1)C(=O)N[C@@H](Cc1ccccc1)[C@H](O)CN1CC[C@@H](Sc2ccccn2)C[C@H]1C(=O)NC(C)(C)C. The van der Waals surface area contributed by atoms with Gasteiger partial charge in [0, 0.05) is 30.1 Å². The Morgan fingerprint density at radius 1 is 0.959 bits per heavy atom. The summed E-state index contributed by atoms with van der Waals surface area (Å²) in [7, 11) is 0. The van der Waals surface area contributed by atoms with Gasteiger partial charge in [-0.05, 0) is 69.2 Å². The average molecular weight is 690 g/mol. The molecule has 1 aromatic heterocycles. The molecule has 0 spiro atoms. The monoisotopic (exact) mass is 689 g/mol. The third-order valence-corrected chi connectivity index (χ3v) is 9.58. The van der Waals surface area contributed by atoms with Gasteiger partial charge in [0.1, 0.15) is 12.6 Å². The number of hydrogen-bond donors (Lipinski definition) is 4. The molecule has 1 aliphatic rings. The number of carbonyl (C=O) groups excluding carboxylic acids is 3. The molecule has 5 atom stereocenters. The lowest BCUT2D eigenvalue weighted by atomic mass is 9.95. The number of aliphatic hydroxyl groups excluding tert-OH is 1. The van der Waals surface area contributed by atoms with Gasteiger partial charge in [-0.25, -0.2) is 9.78 Å². The lowest BCUT2D eigenvalue weighted by Gasteiger charge is -2.41. The molecule has 4 N–H and O–H groups in total. The van der Waals surface area contributed by atoms with Crippen LogP contribution in [0.1, 0.15) is 58.6 Å². The fourth-order valence-corrected chi connectivity index (χ4v) is 6.96. The number of nitrogens with zero attached hydrogens (tertiary/aromatic N) is 2. The van der Waals surface area contributed by atoms with E-state index in [0.29, 0.717) is 19.4 Å². The highest BCUT2D eigenvalue weighted by Crippen LogP contribution is 2.32. The summed E-state index contributed by atoms with van der Waals surface area (Å²) in [4.78, 5) is 46.7. The van der Waals surface area contributed by atoms with Crippen LogP contribution in [0.15, 0.2) is 90.1 Å². The molecule has 1 aliphatic heterocycles. The first-order valence-electron chi connectivity index (χ1n) is 17.0. The Bertz CT molecular complexity index is 1470. The van der Waals surface area contributed by atoms with Crippen molar-refractivity contribution in [2.45, 2.75) is 101 Å². The first-order chi connectivity index (χ1) is 23.4. The summed E-state index contributed by atoms with van der Waals surface area (Å²) < 4.78 is 5.39. The van der Waals surface area contributed by atoms with Crippen LogP contribution in [0.5, 0.6) is 0 Å². The topological polar surface area (TPSA) is 133 Å². The van der Waals surface area contributed by atoms with E-state index < -0.39 is 41.8 Å². The molecule has 0 bridgehead atoms. The molecule has 10 nitrogen and oxygen atoms in total. The van der Waals surface area contributed by atoms with Crippen LogP contribution in [0.2, 0.25) is 0 Å². The predicted molar refractivity (Wildman–Crippen MR) is 193 cm³/mol. The van der Waals surface area contributed by atoms with Crippen molar-refractivity contribution in [1.29, 1.82) is 0 Å². The number of carbonyl (C=O) groups is 3. The molecule has 1 fully saturated rings. The quantitative estimate of drug-likeness (QED) is 0.187. The summed E-state index contributed by atoms with van der Waals surface area (Å²) in [6, 6.07) is 22.7. The van der Waals surface area contributed by atoms with Gasteiger partial charge in [-0.15, -0.1) is 11.8 Å². The summed E-state index contributed by atoms with van der Waals surface area (Å²) in [5, 5.41) is 21.8. The van der Waals surface area contributed by atoms with E-state index in [0.717, 1.165) is 22.6 Å². The first-order valence-corrected chi connectivity index (χ1v) is 17.9. The Morgan fingerprint density at radius 2 is 1.61 bits per heavy atom. The third kappa shape index (κ3) is 12.5. The van der Waals surface area contributed by atoms with Gasteiger partial charge >= 0.3 is 6.09 Å². The third-order valence-electron chi connectivity index (χ3n) is 8.34. The Hall–Kier alpha value is -3.93. The lowest BCUT2D eigenvalue weighted by molar-refractivity contribution is -0.130.